The van der Waals surface area contributed by atoms with Crippen LogP contribution in [0, 0.1) is 41.4 Å². The SMILES string of the molecule is CC(C)(C)c1ccc(-c2cc(C(C)(C)C)ccc2N2c3ccc(C(C)(C)C)cc3B3c4sc5ccc(C(C)(C)C)cc5c4N(c4ccc5c(c4)C(C)(C)CC5(C)C)c4nc(C56CC7C8CC9CC7C(C5)C(C9)C8C6)cc2c43)cc1. The topological polar surface area (TPSA) is 19.4 Å². The maximum atomic E-state index is 6.54. The molecule has 10 aliphatic rings. The maximum Gasteiger partial charge on any atom is 0.266 e. The van der Waals surface area contributed by atoms with Gasteiger partial charge in [-0.05, 0) is 217 Å². The van der Waals surface area contributed by atoms with Crippen molar-refractivity contribution in [1.82, 2.24) is 4.98 Å². The van der Waals surface area contributed by atoms with Gasteiger partial charge in [0.1, 0.15) is 5.82 Å². The van der Waals surface area contributed by atoms with Crippen molar-refractivity contribution >= 4 is 78.1 Å². The summed E-state index contributed by atoms with van der Waals surface area (Å²) in [6, 6.07) is 42.6. The first-order valence-electron chi connectivity index (χ1n) is 30.9. The van der Waals surface area contributed by atoms with Crippen molar-refractivity contribution in [3.8, 4) is 11.1 Å². The Labute approximate surface area is 478 Å². The van der Waals surface area contributed by atoms with Gasteiger partial charge in [-0.2, -0.15) is 0 Å². The average Bonchev–Trinajstić information content (AvgIpc) is 3.38. The molecule has 0 radical (unpaired) electrons. The van der Waals surface area contributed by atoms with Crippen molar-refractivity contribution < 1.29 is 0 Å². The summed E-state index contributed by atoms with van der Waals surface area (Å²) in [5.74, 6) is 7.45. The molecule has 7 saturated carbocycles. The number of aromatic nitrogens is 1. The van der Waals surface area contributed by atoms with E-state index < -0.39 is 0 Å². The molecule has 17 rings (SSSR count). The minimum Gasteiger partial charge on any atom is -0.311 e. The van der Waals surface area contributed by atoms with Crippen molar-refractivity contribution in [1.29, 1.82) is 0 Å². The molecule has 7 fully saturated rings. The molecule has 0 amide bonds. The van der Waals surface area contributed by atoms with Crippen molar-refractivity contribution in [2.75, 3.05) is 9.80 Å². The summed E-state index contributed by atoms with van der Waals surface area (Å²) in [4.78, 5) is 12.1. The van der Waals surface area contributed by atoms with Gasteiger partial charge >= 0.3 is 0 Å². The molecular formula is C74H86BN3S. The van der Waals surface area contributed by atoms with Crippen molar-refractivity contribution in [2.24, 2.45) is 41.4 Å². The first-order chi connectivity index (χ1) is 37.1. The van der Waals surface area contributed by atoms with Crippen LogP contribution in [0.3, 0.4) is 0 Å². The number of nitrogens with zero attached hydrogens (tertiary/aromatic N) is 3. The Balaban J connectivity index is 1.06. The molecular weight excluding hydrogens is 974 g/mol. The number of rotatable bonds is 4. The van der Waals surface area contributed by atoms with E-state index in [2.05, 4.69) is 224 Å². The minimum atomic E-state index is -0.0487. The van der Waals surface area contributed by atoms with Gasteiger partial charge < -0.3 is 4.90 Å². The van der Waals surface area contributed by atoms with E-state index in [1.165, 1.54) is 149 Å². The van der Waals surface area contributed by atoms with Crippen molar-refractivity contribution in [3.05, 3.63) is 142 Å². The van der Waals surface area contributed by atoms with Crippen LogP contribution in [-0.4, -0.2) is 11.7 Å². The quantitative estimate of drug-likeness (QED) is 0.164. The predicted molar refractivity (Wildman–Crippen MR) is 338 cm³/mol. The van der Waals surface area contributed by atoms with Crippen LogP contribution in [0.4, 0.5) is 34.3 Å². The first-order valence-corrected chi connectivity index (χ1v) is 31.7. The lowest BCUT2D eigenvalue weighted by Gasteiger charge is -2.72. The Kier molecular flexibility index (Phi) is 10.4. The van der Waals surface area contributed by atoms with Crippen LogP contribution in [0.5, 0.6) is 0 Å². The zero-order valence-electron chi connectivity index (χ0n) is 50.6. The molecule has 8 aliphatic carbocycles. The summed E-state index contributed by atoms with van der Waals surface area (Å²) in [5.41, 5.74) is 21.8. The van der Waals surface area contributed by atoms with Gasteiger partial charge in [-0.15, -0.1) is 11.3 Å². The van der Waals surface area contributed by atoms with Crippen LogP contribution in [0.2, 0.25) is 0 Å². The monoisotopic (exact) mass is 1060 g/mol. The van der Waals surface area contributed by atoms with E-state index in [0.29, 0.717) is 0 Å². The van der Waals surface area contributed by atoms with E-state index in [1.54, 1.807) is 0 Å². The van der Waals surface area contributed by atoms with E-state index in [4.69, 9.17) is 4.98 Å². The molecule has 3 nitrogen and oxygen atoms in total. The first kappa shape index (κ1) is 50.8. The Morgan fingerprint density at radius 1 is 0.519 bits per heavy atom. The van der Waals surface area contributed by atoms with Gasteiger partial charge in [0.05, 0.1) is 17.1 Å². The number of hydrogen-bond donors (Lipinski definition) is 0. The largest absolute Gasteiger partial charge is 0.311 e. The summed E-state index contributed by atoms with van der Waals surface area (Å²) < 4.78 is 2.81. The molecule has 7 aromatic rings. The molecule has 0 unspecified atom stereocenters. The Bertz CT molecular complexity index is 3670. The lowest BCUT2D eigenvalue weighted by atomic mass is 9.32. The van der Waals surface area contributed by atoms with Gasteiger partial charge in [-0.3, -0.25) is 4.90 Å². The molecule has 5 heteroatoms. The van der Waals surface area contributed by atoms with Crippen LogP contribution in [0.15, 0.2) is 103 Å². The van der Waals surface area contributed by atoms with Gasteiger partial charge in [0.25, 0.3) is 6.71 Å². The Morgan fingerprint density at radius 3 is 1.67 bits per heavy atom. The third kappa shape index (κ3) is 7.30. The summed E-state index contributed by atoms with van der Waals surface area (Å²) in [6.45, 7) is 38.4. The molecule has 2 aliphatic heterocycles. The molecule has 79 heavy (non-hydrogen) atoms. The zero-order valence-corrected chi connectivity index (χ0v) is 51.4. The highest BCUT2D eigenvalue weighted by molar-refractivity contribution is 7.33. The van der Waals surface area contributed by atoms with Crippen LogP contribution < -0.4 is 25.5 Å². The predicted octanol–water partition coefficient (Wildman–Crippen LogP) is 18.2. The molecule has 0 N–H and O–H groups in total. The van der Waals surface area contributed by atoms with Crippen molar-refractivity contribution in [2.45, 2.75) is 194 Å². The molecule has 4 heterocycles. The van der Waals surface area contributed by atoms with Gasteiger partial charge in [0.2, 0.25) is 0 Å². The van der Waals surface area contributed by atoms with E-state index >= 15 is 0 Å². The molecule has 5 aromatic carbocycles. The highest BCUT2D eigenvalue weighted by Crippen LogP contribution is 2.74. The minimum absolute atomic E-state index is 0.00219. The molecule has 0 spiro atoms. The number of thiophene rings is 1. The molecule has 0 saturated heterocycles. The summed E-state index contributed by atoms with van der Waals surface area (Å²) in [5, 5.41) is 1.36. The number of pyridine rings is 1. The third-order valence-corrected chi connectivity index (χ3v) is 23.8. The molecule has 406 valence electrons. The summed E-state index contributed by atoms with van der Waals surface area (Å²) in [6.07, 6.45) is 9.54. The molecule has 2 aromatic heterocycles. The van der Waals surface area contributed by atoms with Crippen LogP contribution in [0.25, 0.3) is 21.2 Å². The highest BCUT2D eigenvalue weighted by Gasteiger charge is 2.68. The van der Waals surface area contributed by atoms with Gasteiger partial charge in [0, 0.05) is 42.9 Å². The maximum absolute atomic E-state index is 6.54. The fraction of sp³-hybridized carbons (Fsp3) is 0.500. The lowest BCUT2D eigenvalue weighted by molar-refractivity contribution is -0.213. The van der Waals surface area contributed by atoms with Crippen molar-refractivity contribution in [3.63, 3.8) is 0 Å². The van der Waals surface area contributed by atoms with E-state index in [0.717, 1.165) is 47.8 Å². The van der Waals surface area contributed by atoms with Crippen LogP contribution >= 0.6 is 11.3 Å². The second kappa shape index (κ2) is 16.1. The fourth-order valence-corrected chi connectivity index (χ4v) is 20.3. The number of hydrogen-bond acceptors (Lipinski definition) is 4. The average molecular weight is 1060 g/mol. The van der Waals surface area contributed by atoms with Crippen LogP contribution in [0.1, 0.15) is 195 Å². The van der Waals surface area contributed by atoms with E-state index in [1.807, 2.05) is 11.3 Å². The van der Waals surface area contributed by atoms with Gasteiger partial charge in [0.15, 0.2) is 0 Å². The zero-order chi connectivity index (χ0) is 55.2. The van der Waals surface area contributed by atoms with Gasteiger partial charge in [-0.25, -0.2) is 4.98 Å². The third-order valence-electron chi connectivity index (χ3n) is 22.6. The summed E-state index contributed by atoms with van der Waals surface area (Å²) in [7, 11) is 0. The number of fused-ring (bicyclic) bond motifs is 7. The lowest BCUT2D eigenvalue weighted by Crippen LogP contribution is -2.66. The Hall–Kier alpha value is -5.13. The smallest absolute Gasteiger partial charge is 0.266 e. The summed E-state index contributed by atoms with van der Waals surface area (Å²) >= 11 is 2.04. The highest BCUT2D eigenvalue weighted by atomic mass is 32.1. The second-order valence-electron chi connectivity index (χ2n) is 32.6. The Morgan fingerprint density at radius 2 is 1.06 bits per heavy atom. The number of anilines is 6. The second-order valence-corrected chi connectivity index (χ2v) is 33.7. The standard InChI is InChI=1S/C74H86BN3S/c1-68(2,3)43-19-17-42(18-20-43)48-32-44(69(4,5)6)21-26-59(48)78-60-27-22-46(71(10,11)12)34-58(60)75-64-61(78)36-63(74-37-53-49-29-41-30-50(53)55(39-74)51(31-41)54(49)38-74)76-67(64)77(47-24-25-56-57(35-47)73(15,16)40-72(56,13)14)65-52-33-45(70(7,8)9)23-28-62(52)79-66(65)75/h17-28,32-36,41,49-51,53-55H,29-31,37-40H2,1-16H3. The molecule has 0 atom stereocenters. The molecule has 8 bridgehead atoms. The van der Waals surface area contributed by atoms with Crippen LogP contribution in [-0.2, 0) is 37.9 Å². The normalized spacial score (nSPS) is 27.4. The number of benzene rings is 5. The van der Waals surface area contributed by atoms with Gasteiger partial charge in [-0.1, -0.05) is 165 Å². The van der Waals surface area contributed by atoms with E-state index in [9.17, 15) is 0 Å². The van der Waals surface area contributed by atoms with E-state index in [-0.39, 0.29) is 44.6 Å². The fourth-order valence-electron chi connectivity index (χ4n) is 19.0.